The van der Waals surface area contributed by atoms with Gasteiger partial charge in [-0.3, -0.25) is 14.7 Å². The van der Waals surface area contributed by atoms with Gasteiger partial charge in [-0.05, 0) is 87.1 Å². The quantitative estimate of drug-likeness (QED) is 0.369. The zero-order chi connectivity index (χ0) is 26.2. The SMILES string of the molecule is Cc1ccc(NC(=O)c2ccc(C3CCCN(COC(=O)NC(C)C)C3)cc2)cc1Nc1cccnc1. The minimum atomic E-state index is -0.388. The number of rotatable bonds is 8. The summed E-state index contributed by atoms with van der Waals surface area (Å²) >= 11 is 0. The zero-order valence-corrected chi connectivity index (χ0v) is 21.7. The number of nitrogens with zero attached hydrogens (tertiary/aromatic N) is 2. The molecule has 1 aromatic heterocycles. The largest absolute Gasteiger partial charge is 0.433 e. The molecule has 8 nitrogen and oxygen atoms in total. The van der Waals surface area contributed by atoms with E-state index in [1.807, 2.05) is 75.4 Å². The molecule has 2 amide bonds. The lowest BCUT2D eigenvalue weighted by atomic mass is 9.90. The molecule has 4 rings (SSSR count). The average molecular weight is 502 g/mol. The highest BCUT2D eigenvalue weighted by Crippen LogP contribution is 2.28. The maximum Gasteiger partial charge on any atom is 0.408 e. The number of aromatic nitrogens is 1. The Morgan fingerprint density at radius 3 is 2.65 bits per heavy atom. The van der Waals surface area contributed by atoms with Crippen LogP contribution in [0.4, 0.5) is 21.9 Å². The minimum Gasteiger partial charge on any atom is -0.433 e. The smallest absolute Gasteiger partial charge is 0.408 e. The summed E-state index contributed by atoms with van der Waals surface area (Å²) in [4.78, 5) is 31.0. The first-order valence-corrected chi connectivity index (χ1v) is 12.7. The molecule has 1 aliphatic rings. The van der Waals surface area contributed by atoms with E-state index >= 15 is 0 Å². The number of hydrogen-bond donors (Lipinski definition) is 3. The molecular weight excluding hydrogens is 466 g/mol. The number of alkyl carbamates (subject to hydrolysis) is 1. The van der Waals surface area contributed by atoms with Crippen molar-refractivity contribution in [2.75, 3.05) is 30.5 Å². The van der Waals surface area contributed by atoms with Gasteiger partial charge in [0.15, 0.2) is 0 Å². The third-order valence-corrected chi connectivity index (χ3v) is 6.37. The zero-order valence-electron chi connectivity index (χ0n) is 21.7. The van der Waals surface area contributed by atoms with E-state index < -0.39 is 0 Å². The predicted octanol–water partition coefficient (Wildman–Crippen LogP) is 5.66. The monoisotopic (exact) mass is 501 g/mol. The van der Waals surface area contributed by atoms with Gasteiger partial charge in [0.25, 0.3) is 5.91 Å². The number of anilines is 3. The Hall–Kier alpha value is -3.91. The Morgan fingerprint density at radius 2 is 1.92 bits per heavy atom. The highest BCUT2D eigenvalue weighted by atomic mass is 16.6. The van der Waals surface area contributed by atoms with Gasteiger partial charge in [-0.2, -0.15) is 0 Å². The number of aryl methyl sites for hydroxylation is 1. The van der Waals surface area contributed by atoms with Crippen molar-refractivity contribution < 1.29 is 14.3 Å². The predicted molar refractivity (Wildman–Crippen MR) is 146 cm³/mol. The van der Waals surface area contributed by atoms with Gasteiger partial charge in [-0.1, -0.05) is 18.2 Å². The number of likely N-dealkylation sites (tertiary alicyclic amines) is 1. The maximum atomic E-state index is 12.9. The lowest BCUT2D eigenvalue weighted by Crippen LogP contribution is -2.39. The van der Waals surface area contributed by atoms with Crippen LogP contribution in [0.15, 0.2) is 67.0 Å². The molecule has 0 bridgehead atoms. The lowest BCUT2D eigenvalue weighted by molar-refractivity contribution is 0.0517. The summed E-state index contributed by atoms with van der Waals surface area (Å²) in [5.74, 6) is 0.179. The van der Waals surface area contributed by atoms with Gasteiger partial charge in [0.05, 0.1) is 11.9 Å². The van der Waals surface area contributed by atoms with E-state index in [-0.39, 0.29) is 24.8 Å². The molecule has 1 unspecified atom stereocenters. The Labute approximate surface area is 218 Å². The van der Waals surface area contributed by atoms with E-state index in [9.17, 15) is 9.59 Å². The van der Waals surface area contributed by atoms with Crippen molar-refractivity contribution in [2.45, 2.75) is 45.6 Å². The van der Waals surface area contributed by atoms with E-state index in [0.29, 0.717) is 11.5 Å². The number of nitrogens with one attached hydrogen (secondary N) is 3. The molecule has 0 radical (unpaired) electrons. The molecule has 1 atom stereocenters. The van der Waals surface area contributed by atoms with E-state index in [1.165, 1.54) is 5.56 Å². The highest BCUT2D eigenvalue weighted by molar-refractivity contribution is 6.04. The van der Waals surface area contributed by atoms with Gasteiger partial charge in [0.2, 0.25) is 0 Å². The Balaban J connectivity index is 1.34. The number of piperidine rings is 1. The molecule has 1 saturated heterocycles. The fourth-order valence-corrected chi connectivity index (χ4v) is 4.41. The number of hydrogen-bond acceptors (Lipinski definition) is 6. The Morgan fingerprint density at radius 1 is 1.11 bits per heavy atom. The van der Waals surface area contributed by atoms with Crippen LogP contribution in [0, 0.1) is 6.92 Å². The van der Waals surface area contributed by atoms with Crippen molar-refractivity contribution in [2.24, 2.45) is 0 Å². The van der Waals surface area contributed by atoms with Crippen LogP contribution in [0.1, 0.15) is 54.1 Å². The van der Waals surface area contributed by atoms with E-state index in [0.717, 1.165) is 48.6 Å². The summed E-state index contributed by atoms with van der Waals surface area (Å²) in [7, 11) is 0. The van der Waals surface area contributed by atoms with Gasteiger partial charge < -0.3 is 20.7 Å². The van der Waals surface area contributed by atoms with Crippen LogP contribution in [0.25, 0.3) is 0 Å². The molecule has 3 N–H and O–H groups in total. The normalized spacial score (nSPS) is 15.7. The van der Waals surface area contributed by atoms with Gasteiger partial charge in [-0.25, -0.2) is 4.79 Å². The van der Waals surface area contributed by atoms with Crippen LogP contribution < -0.4 is 16.0 Å². The molecule has 1 aliphatic heterocycles. The second-order valence-electron chi connectivity index (χ2n) is 9.75. The van der Waals surface area contributed by atoms with Crippen molar-refractivity contribution in [3.8, 4) is 0 Å². The molecule has 0 spiro atoms. The fraction of sp³-hybridized carbons (Fsp3) is 0.345. The first-order valence-electron chi connectivity index (χ1n) is 12.7. The summed E-state index contributed by atoms with van der Waals surface area (Å²) in [5.41, 5.74) is 5.37. The molecular formula is C29H35N5O3. The summed E-state index contributed by atoms with van der Waals surface area (Å²) in [6.45, 7) is 7.82. The fourth-order valence-electron chi connectivity index (χ4n) is 4.41. The third kappa shape index (κ3) is 7.54. The molecule has 2 aromatic carbocycles. The molecule has 3 aromatic rings. The van der Waals surface area contributed by atoms with Crippen LogP contribution in [0.3, 0.4) is 0 Å². The summed E-state index contributed by atoms with van der Waals surface area (Å²) < 4.78 is 5.35. The molecule has 37 heavy (non-hydrogen) atoms. The summed E-state index contributed by atoms with van der Waals surface area (Å²) in [6.07, 6.45) is 5.20. The molecule has 0 saturated carbocycles. The second kappa shape index (κ2) is 12.4. The number of benzene rings is 2. The summed E-state index contributed by atoms with van der Waals surface area (Å²) in [6, 6.07) is 17.5. The molecule has 0 aliphatic carbocycles. The molecule has 8 heteroatoms. The standard InChI is InChI=1S/C29H35N5O3/c1-20(2)31-29(36)37-19-34-15-5-6-24(18-34)22-9-11-23(12-10-22)28(35)33-25-13-8-21(3)27(16-25)32-26-7-4-14-30-17-26/h4,7-14,16-17,20,24,32H,5-6,15,18-19H2,1-3H3,(H,31,36)(H,33,35). The highest BCUT2D eigenvalue weighted by Gasteiger charge is 2.22. The van der Waals surface area contributed by atoms with Crippen molar-refractivity contribution in [1.29, 1.82) is 0 Å². The minimum absolute atomic E-state index is 0.0499. The Bertz CT molecular complexity index is 1200. The molecule has 2 heterocycles. The van der Waals surface area contributed by atoms with Crippen LogP contribution in [0.2, 0.25) is 0 Å². The van der Waals surface area contributed by atoms with Crippen LogP contribution in [-0.4, -0.2) is 47.7 Å². The second-order valence-corrected chi connectivity index (χ2v) is 9.75. The number of carbonyl (C=O) groups excluding carboxylic acids is 2. The van der Waals surface area contributed by atoms with Crippen molar-refractivity contribution in [3.05, 3.63) is 83.7 Å². The molecule has 1 fully saturated rings. The molecule has 194 valence electrons. The van der Waals surface area contributed by atoms with Crippen LogP contribution >= 0.6 is 0 Å². The van der Waals surface area contributed by atoms with Crippen molar-refractivity contribution >= 4 is 29.1 Å². The van der Waals surface area contributed by atoms with E-state index in [4.69, 9.17) is 4.74 Å². The number of ether oxygens (including phenoxy) is 1. The maximum absolute atomic E-state index is 12.9. The van der Waals surface area contributed by atoms with Crippen molar-refractivity contribution in [3.63, 3.8) is 0 Å². The van der Waals surface area contributed by atoms with Crippen LogP contribution in [0.5, 0.6) is 0 Å². The Kier molecular flexibility index (Phi) is 8.74. The van der Waals surface area contributed by atoms with E-state index in [1.54, 1.807) is 12.4 Å². The third-order valence-electron chi connectivity index (χ3n) is 6.37. The van der Waals surface area contributed by atoms with Crippen LogP contribution in [-0.2, 0) is 4.74 Å². The van der Waals surface area contributed by atoms with Gasteiger partial charge in [0.1, 0.15) is 6.73 Å². The van der Waals surface area contributed by atoms with E-state index in [2.05, 4.69) is 25.8 Å². The van der Waals surface area contributed by atoms with Gasteiger partial charge in [-0.15, -0.1) is 0 Å². The topological polar surface area (TPSA) is 95.6 Å². The first kappa shape index (κ1) is 26.2. The average Bonchev–Trinajstić information content (AvgIpc) is 2.90. The number of carbonyl (C=O) groups is 2. The lowest BCUT2D eigenvalue weighted by Gasteiger charge is -2.32. The van der Waals surface area contributed by atoms with Gasteiger partial charge >= 0.3 is 6.09 Å². The van der Waals surface area contributed by atoms with Crippen molar-refractivity contribution in [1.82, 2.24) is 15.2 Å². The number of amides is 2. The first-order chi connectivity index (χ1) is 17.9. The summed E-state index contributed by atoms with van der Waals surface area (Å²) in [5, 5.41) is 9.09. The van der Waals surface area contributed by atoms with Gasteiger partial charge in [0, 0.05) is 42.3 Å². The number of pyridine rings is 1.